The number of aromatic nitrogens is 4. The zero-order valence-electron chi connectivity index (χ0n) is 15.1. The van der Waals surface area contributed by atoms with Gasteiger partial charge in [-0.25, -0.2) is 4.79 Å². The van der Waals surface area contributed by atoms with E-state index < -0.39 is 17.2 Å². The van der Waals surface area contributed by atoms with Crippen LogP contribution in [0.3, 0.4) is 0 Å². The number of benzene rings is 1. The van der Waals surface area contributed by atoms with Gasteiger partial charge < -0.3 is 14.8 Å². The third-order valence-corrected chi connectivity index (χ3v) is 4.72. The first-order valence-corrected chi connectivity index (χ1v) is 8.76. The summed E-state index contributed by atoms with van der Waals surface area (Å²) in [4.78, 5) is 41.1. The molecule has 3 heterocycles. The second kappa shape index (κ2) is 6.71. The first-order valence-electron chi connectivity index (χ1n) is 8.38. The van der Waals surface area contributed by atoms with E-state index >= 15 is 0 Å². The van der Waals surface area contributed by atoms with E-state index in [2.05, 4.69) is 10.3 Å². The van der Waals surface area contributed by atoms with Crippen LogP contribution in [-0.4, -0.2) is 37.8 Å². The maximum absolute atomic E-state index is 12.5. The normalized spacial score (nSPS) is 13.0. The van der Waals surface area contributed by atoms with Gasteiger partial charge in [0.05, 0.1) is 0 Å². The molecule has 28 heavy (non-hydrogen) atoms. The number of anilines is 1. The molecule has 11 heteroatoms. The van der Waals surface area contributed by atoms with Gasteiger partial charge in [0.2, 0.25) is 11.2 Å². The van der Waals surface area contributed by atoms with Gasteiger partial charge in [0.25, 0.3) is 5.56 Å². The van der Waals surface area contributed by atoms with Crippen molar-refractivity contribution in [3.05, 3.63) is 44.3 Å². The Balaban J connectivity index is 1.65. The number of aryl methyl sites for hydroxylation is 1. The molecule has 1 aliphatic heterocycles. The summed E-state index contributed by atoms with van der Waals surface area (Å²) < 4.78 is 14.4. The summed E-state index contributed by atoms with van der Waals surface area (Å²) in [6.07, 6.45) is 0. The zero-order chi connectivity index (χ0) is 20.0. The van der Waals surface area contributed by atoms with Gasteiger partial charge in [0, 0.05) is 25.8 Å². The Hall–Kier alpha value is -3.27. The van der Waals surface area contributed by atoms with Gasteiger partial charge in [-0.1, -0.05) is 0 Å². The Morgan fingerprint density at radius 2 is 1.89 bits per heavy atom. The maximum atomic E-state index is 12.5. The topological polar surface area (TPSA) is 109 Å². The van der Waals surface area contributed by atoms with Crippen LogP contribution in [0.25, 0.3) is 11.2 Å². The number of hydrogen-bond donors (Lipinski definition) is 1. The van der Waals surface area contributed by atoms with Gasteiger partial charge in [-0.15, -0.1) is 0 Å². The van der Waals surface area contributed by atoms with Crippen molar-refractivity contribution in [3.8, 4) is 11.5 Å². The Bertz CT molecular complexity index is 1230. The number of hydrogen-bond acceptors (Lipinski definition) is 6. The predicted molar refractivity (Wildman–Crippen MR) is 101 cm³/mol. The molecule has 10 nitrogen and oxygen atoms in total. The number of amides is 1. The van der Waals surface area contributed by atoms with Crippen LogP contribution in [-0.2, 0) is 25.4 Å². The monoisotopic (exact) mass is 405 g/mol. The largest absolute Gasteiger partial charge is 0.486 e. The van der Waals surface area contributed by atoms with E-state index in [1.807, 2.05) is 0 Å². The summed E-state index contributed by atoms with van der Waals surface area (Å²) in [5, 5.41) is 2.66. The van der Waals surface area contributed by atoms with Crippen LogP contribution < -0.4 is 26.0 Å². The van der Waals surface area contributed by atoms with Crippen LogP contribution in [0.4, 0.5) is 5.69 Å². The van der Waals surface area contributed by atoms with Crippen LogP contribution >= 0.6 is 11.6 Å². The number of halogens is 1. The van der Waals surface area contributed by atoms with Crippen LogP contribution in [0.5, 0.6) is 11.5 Å². The lowest BCUT2D eigenvalue weighted by Gasteiger charge is -2.19. The molecule has 0 atom stereocenters. The first-order chi connectivity index (χ1) is 13.4. The van der Waals surface area contributed by atoms with Crippen molar-refractivity contribution in [3.63, 3.8) is 0 Å². The average Bonchev–Trinajstić information content (AvgIpc) is 3.01. The minimum absolute atomic E-state index is 0.0642. The lowest BCUT2D eigenvalue weighted by Crippen LogP contribution is -2.37. The molecule has 3 aromatic rings. The molecule has 0 unspecified atom stereocenters. The number of imidazole rings is 1. The summed E-state index contributed by atoms with van der Waals surface area (Å²) in [6.45, 7) is 0.655. The second-order valence-corrected chi connectivity index (χ2v) is 6.59. The minimum Gasteiger partial charge on any atom is -0.486 e. The average molecular weight is 406 g/mol. The molecule has 1 aliphatic rings. The molecule has 0 saturated carbocycles. The third kappa shape index (κ3) is 2.91. The Morgan fingerprint density at radius 3 is 2.64 bits per heavy atom. The molecule has 2 aromatic heterocycles. The summed E-state index contributed by atoms with van der Waals surface area (Å²) in [7, 11) is 2.83. The molecule has 1 amide bonds. The number of nitrogens with zero attached hydrogens (tertiary/aromatic N) is 4. The van der Waals surface area contributed by atoms with Gasteiger partial charge in [0.1, 0.15) is 19.8 Å². The van der Waals surface area contributed by atoms with Crippen molar-refractivity contribution < 1.29 is 14.3 Å². The van der Waals surface area contributed by atoms with E-state index in [9.17, 15) is 14.4 Å². The zero-order valence-corrected chi connectivity index (χ0v) is 15.8. The van der Waals surface area contributed by atoms with E-state index in [0.29, 0.717) is 30.4 Å². The third-order valence-electron chi connectivity index (χ3n) is 4.43. The van der Waals surface area contributed by atoms with E-state index in [0.717, 1.165) is 4.57 Å². The highest BCUT2D eigenvalue weighted by Gasteiger charge is 2.20. The van der Waals surface area contributed by atoms with Crippen LogP contribution in [0.1, 0.15) is 0 Å². The highest BCUT2D eigenvalue weighted by Crippen LogP contribution is 2.32. The lowest BCUT2D eigenvalue weighted by atomic mass is 10.2. The highest BCUT2D eigenvalue weighted by molar-refractivity contribution is 6.29. The van der Waals surface area contributed by atoms with Gasteiger partial charge in [-0.2, -0.15) is 4.98 Å². The van der Waals surface area contributed by atoms with Gasteiger partial charge in [0.15, 0.2) is 22.7 Å². The van der Waals surface area contributed by atoms with Crippen molar-refractivity contribution in [2.24, 2.45) is 14.1 Å². The van der Waals surface area contributed by atoms with Crippen LogP contribution in [0.15, 0.2) is 27.8 Å². The highest BCUT2D eigenvalue weighted by atomic mass is 35.5. The Kier molecular flexibility index (Phi) is 4.34. The quantitative estimate of drug-likeness (QED) is 0.635. The number of fused-ring (bicyclic) bond motifs is 2. The first kappa shape index (κ1) is 18.1. The molecular formula is C17H16ClN5O5. The Morgan fingerprint density at radius 1 is 1.18 bits per heavy atom. The number of carbonyl (C=O) groups is 1. The van der Waals surface area contributed by atoms with E-state index in [1.165, 1.54) is 23.2 Å². The smallest absolute Gasteiger partial charge is 0.332 e. The number of ether oxygens (including phenoxy) is 2. The fourth-order valence-corrected chi connectivity index (χ4v) is 3.25. The molecule has 0 spiro atoms. The van der Waals surface area contributed by atoms with Gasteiger partial charge in [-0.05, 0) is 23.7 Å². The molecule has 1 N–H and O–H groups in total. The molecule has 4 rings (SSSR count). The lowest BCUT2D eigenvalue weighted by molar-refractivity contribution is -0.116. The van der Waals surface area contributed by atoms with Crippen molar-refractivity contribution in [2.75, 3.05) is 18.5 Å². The fourth-order valence-electron chi connectivity index (χ4n) is 3.03. The second-order valence-electron chi connectivity index (χ2n) is 6.25. The number of carbonyl (C=O) groups excluding carboxylic acids is 1. The fraction of sp³-hybridized carbons (Fsp3) is 0.294. The molecule has 146 valence electrons. The van der Waals surface area contributed by atoms with E-state index in [-0.39, 0.29) is 23.0 Å². The summed E-state index contributed by atoms with van der Waals surface area (Å²) in [5.41, 5.74) is -0.406. The van der Waals surface area contributed by atoms with Gasteiger partial charge >= 0.3 is 5.69 Å². The van der Waals surface area contributed by atoms with Crippen molar-refractivity contribution in [2.45, 2.75) is 6.54 Å². The van der Waals surface area contributed by atoms with Crippen molar-refractivity contribution in [1.82, 2.24) is 18.7 Å². The minimum atomic E-state index is -0.579. The van der Waals surface area contributed by atoms with Gasteiger partial charge in [-0.3, -0.25) is 23.3 Å². The van der Waals surface area contributed by atoms with Crippen LogP contribution in [0.2, 0.25) is 5.28 Å². The number of rotatable bonds is 3. The maximum Gasteiger partial charge on any atom is 0.332 e. The van der Waals surface area contributed by atoms with Crippen molar-refractivity contribution >= 4 is 34.4 Å². The molecule has 0 aliphatic carbocycles. The SMILES string of the molecule is Cn1c(=O)c2c(nc(Cl)n2CC(=O)Nc2ccc3c(c2)OCCO3)n(C)c1=O. The van der Waals surface area contributed by atoms with Crippen molar-refractivity contribution in [1.29, 1.82) is 0 Å². The van der Waals surface area contributed by atoms with Crippen LogP contribution in [0, 0.1) is 0 Å². The molecule has 0 bridgehead atoms. The molecule has 0 radical (unpaired) electrons. The molecule has 0 fully saturated rings. The molecule has 1 aromatic carbocycles. The standard InChI is InChI=1S/C17H16ClN5O5/c1-21-14-13(15(25)22(2)17(21)26)23(16(18)20-14)8-12(24)19-9-3-4-10-11(7-9)28-6-5-27-10/h3-4,7H,5-6,8H2,1-2H3,(H,19,24). The molecular weight excluding hydrogens is 390 g/mol. The predicted octanol–water partition coefficient (Wildman–Crippen LogP) is 0.497. The summed E-state index contributed by atoms with van der Waals surface area (Å²) >= 11 is 6.13. The molecule has 0 saturated heterocycles. The summed E-state index contributed by atoms with van der Waals surface area (Å²) in [6, 6.07) is 5.04. The van der Waals surface area contributed by atoms with E-state index in [4.69, 9.17) is 21.1 Å². The number of nitrogens with one attached hydrogen (secondary N) is 1. The summed E-state index contributed by atoms with van der Waals surface area (Å²) in [5.74, 6) is 0.727. The van der Waals surface area contributed by atoms with E-state index in [1.54, 1.807) is 18.2 Å². The Labute approximate surface area is 162 Å².